The van der Waals surface area contributed by atoms with E-state index in [0.717, 1.165) is 43.4 Å². The molecule has 29 heavy (non-hydrogen) atoms. The molecule has 3 aromatic rings. The first-order valence-electron chi connectivity index (χ1n) is 9.89. The number of hydrogen-bond acceptors (Lipinski definition) is 5. The number of anilines is 1. The number of piperazine rings is 1. The third-order valence-corrected chi connectivity index (χ3v) is 6.60. The fourth-order valence-electron chi connectivity index (χ4n) is 3.57. The van der Waals surface area contributed by atoms with Crippen LogP contribution in [-0.2, 0) is 0 Å². The molecule has 7 heteroatoms. The van der Waals surface area contributed by atoms with Crippen LogP contribution in [0, 0.1) is 19.7 Å². The molecule has 0 atom stereocenters. The lowest BCUT2D eigenvalue weighted by Gasteiger charge is -2.34. The van der Waals surface area contributed by atoms with Gasteiger partial charge in [-0.15, -0.1) is 0 Å². The van der Waals surface area contributed by atoms with E-state index >= 15 is 0 Å². The molecule has 1 aliphatic rings. The maximum absolute atomic E-state index is 13.2. The van der Waals surface area contributed by atoms with Crippen LogP contribution in [0.2, 0.25) is 0 Å². The summed E-state index contributed by atoms with van der Waals surface area (Å²) >= 11 is 1.76. The van der Waals surface area contributed by atoms with Crippen LogP contribution in [0.1, 0.15) is 21.5 Å². The summed E-state index contributed by atoms with van der Waals surface area (Å²) in [5, 5.41) is 3.96. The number of nitrogens with one attached hydrogen (secondary N) is 1. The van der Waals surface area contributed by atoms with Crippen LogP contribution in [0.4, 0.5) is 9.52 Å². The van der Waals surface area contributed by atoms with Crippen LogP contribution >= 0.6 is 11.3 Å². The van der Waals surface area contributed by atoms with Gasteiger partial charge in [-0.3, -0.25) is 9.69 Å². The summed E-state index contributed by atoms with van der Waals surface area (Å²) < 4.78 is 14.5. The van der Waals surface area contributed by atoms with Crippen LogP contribution in [0.3, 0.4) is 0 Å². The summed E-state index contributed by atoms with van der Waals surface area (Å²) in [6, 6.07) is 10.1. The Labute approximate surface area is 174 Å². The van der Waals surface area contributed by atoms with Crippen molar-refractivity contribution in [3.63, 3.8) is 0 Å². The van der Waals surface area contributed by atoms with Gasteiger partial charge in [0, 0.05) is 44.8 Å². The van der Waals surface area contributed by atoms with E-state index in [1.54, 1.807) is 23.5 Å². The van der Waals surface area contributed by atoms with Gasteiger partial charge in [-0.2, -0.15) is 0 Å². The maximum Gasteiger partial charge on any atom is 0.251 e. The predicted octanol–water partition coefficient (Wildman–Crippen LogP) is 3.60. The molecule has 1 aromatic heterocycles. The third-order valence-electron chi connectivity index (χ3n) is 5.52. The second-order valence-corrected chi connectivity index (χ2v) is 8.45. The van der Waals surface area contributed by atoms with Crippen LogP contribution in [-0.4, -0.2) is 55.1 Å². The van der Waals surface area contributed by atoms with E-state index in [1.165, 1.54) is 28.0 Å². The van der Waals surface area contributed by atoms with Crippen molar-refractivity contribution >= 4 is 32.6 Å². The quantitative estimate of drug-likeness (QED) is 0.696. The highest BCUT2D eigenvalue weighted by molar-refractivity contribution is 7.22. The van der Waals surface area contributed by atoms with Gasteiger partial charge in [-0.1, -0.05) is 23.5 Å². The summed E-state index contributed by atoms with van der Waals surface area (Å²) in [4.78, 5) is 21.7. The molecule has 0 aliphatic carbocycles. The fraction of sp³-hybridized carbons (Fsp3) is 0.364. The minimum atomic E-state index is -0.394. The average molecular weight is 413 g/mol. The number of aromatic nitrogens is 1. The third kappa shape index (κ3) is 4.41. The van der Waals surface area contributed by atoms with Crippen molar-refractivity contribution in [2.45, 2.75) is 13.8 Å². The first-order chi connectivity index (χ1) is 14.0. The Morgan fingerprint density at radius 2 is 1.97 bits per heavy atom. The smallest absolute Gasteiger partial charge is 0.251 e. The highest BCUT2D eigenvalue weighted by Gasteiger charge is 2.20. The number of carbonyl (C=O) groups is 1. The minimum Gasteiger partial charge on any atom is -0.351 e. The topological polar surface area (TPSA) is 48.5 Å². The molecule has 0 saturated carbocycles. The molecule has 2 heterocycles. The van der Waals surface area contributed by atoms with Crippen molar-refractivity contribution in [3.05, 3.63) is 58.9 Å². The summed E-state index contributed by atoms with van der Waals surface area (Å²) in [6.45, 7) is 9.32. The number of halogens is 1. The molecule has 5 nitrogen and oxygen atoms in total. The number of amides is 1. The molecule has 4 rings (SSSR count). The van der Waals surface area contributed by atoms with Gasteiger partial charge in [-0.05, 0) is 49.2 Å². The average Bonchev–Trinajstić information content (AvgIpc) is 3.16. The Morgan fingerprint density at radius 3 is 2.72 bits per heavy atom. The zero-order chi connectivity index (χ0) is 20.4. The number of carbonyl (C=O) groups excluding carboxylic acids is 1. The fourth-order valence-corrected chi connectivity index (χ4v) is 4.65. The first kappa shape index (κ1) is 19.8. The van der Waals surface area contributed by atoms with Gasteiger partial charge in [0.25, 0.3) is 5.91 Å². The molecule has 0 bridgehead atoms. The lowest BCUT2D eigenvalue weighted by molar-refractivity contribution is 0.0947. The number of rotatable bonds is 5. The normalized spacial score (nSPS) is 15.1. The van der Waals surface area contributed by atoms with Crippen LogP contribution in [0.5, 0.6) is 0 Å². The number of thiazole rings is 1. The predicted molar refractivity (Wildman–Crippen MR) is 116 cm³/mol. The molecule has 1 amide bonds. The van der Waals surface area contributed by atoms with Crippen molar-refractivity contribution in [1.82, 2.24) is 15.2 Å². The second kappa shape index (κ2) is 8.47. The van der Waals surface area contributed by atoms with E-state index in [4.69, 9.17) is 4.98 Å². The van der Waals surface area contributed by atoms with Crippen molar-refractivity contribution in [2.75, 3.05) is 44.2 Å². The summed E-state index contributed by atoms with van der Waals surface area (Å²) in [6.07, 6.45) is 0. The highest BCUT2D eigenvalue weighted by Crippen LogP contribution is 2.32. The van der Waals surface area contributed by atoms with Crippen molar-refractivity contribution < 1.29 is 9.18 Å². The monoisotopic (exact) mass is 412 g/mol. The lowest BCUT2D eigenvalue weighted by Crippen LogP contribution is -2.48. The largest absolute Gasteiger partial charge is 0.351 e. The molecule has 0 spiro atoms. The molecule has 152 valence electrons. The van der Waals surface area contributed by atoms with E-state index in [2.05, 4.69) is 41.1 Å². The molecular formula is C22H25FN4OS. The van der Waals surface area contributed by atoms with Crippen LogP contribution < -0.4 is 10.2 Å². The molecule has 0 radical (unpaired) electrons. The number of aryl methyl sites for hydroxylation is 2. The number of fused-ring (bicyclic) bond motifs is 1. The minimum absolute atomic E-state index is 0.233. The number of hydrogen-bond donors (Lipinski definition) is 1. The van der Waals surface area contributed by atoms with Crippen molar-refractivity contribution in [2.24, 2.45) is 0 Å². The first-order valence-corrected chi connectivity index (χ1v) is 10.7. The Kier molecular flexibility index (Phi) is 5.78. The zero-order valence-corrected chi connectivity index (χ0v) is 17.6. The Hall–Kier alpha value is -2.51. The van der Waals surface area contributed by atoms with Crippen molar-refractivity contribution in [1.29, 1.82) is 0 Å². The second-order valence-electron chi connectivity index (χ2n) is 7.45. The molecule has 1 N–H and O–H groups in total. The van der Waals surface area contributed by atoms with Crippen molar-refractivity contribution in [3.8, 4) is 0 Å². The summed E-state index contributed by atoms with van der Waals surface area (Å²) in [5.74, 6) is -0.628. The zero-order valence-electron chi connectivity index (χ0n) is 16.7. The molecular weight excluding hydrogens is 387 g/mol. The highest BCUT2D eigenvalue weighted by atomic mass is 32.1. The molecule has 1 fully saturated rings. The van der Waals surface area contributed by atoms with Gasteiger partial charge < -0.3 is 10.2 Å². The van der Waals surface area contributed by atoms with Crippen LogP contribution in [0.15, 0.2) is 36.4 Å². The van der Waals surface area contributed by atoms with E-state index in [0.29, 0.717) is 12.1 Å². The standard InChI is InChI=1S/C22H25FN4OS/c1-15-6-7-19-20(16(15)2)25-22(29-19)27-12-10-26(11-13-27)9-8-24-21(28)17-4-3-5-18(23)14-17/h3-7,14H,8-13H2,1-2H3,(H,24,28). The SMILES string of the molecule is Cc1ccc2sc(N3CCN(CCNC(=O)c4cccc(F)c4)CC3)nc2c1C. The van der Waals surface area contributed by atoms with E-state index < -0.39 is 5.82 Å². The molecule has 1 aliphatic heterocycles. The summed E-state index contributed by atoms with van der Waals surface area (Å²) in [5.41, 5.74) is 4.01. The Balaban J connectivity index is 1.27. The van der Waals surface area contributed by atoms with E-state index in [1.807, 2.05) is 0 Å². The van der Waals surface area contributed by atoms with Gasteiger partial charge in [-0.25, -0.2) is 9.37 Å². The number of nitrogens with zero attached hydrogens (tertiary/aromatic N) is 3. The lowest BCUT2D eigenvalue weighted by atomic mass is 10.1. The molecule has 0 unspecified atom stereocenters. The van der Waals surface area contributed by atoms with Gasteiger partial charge in [0.1, 0.15) is 5.82 Å². The van der Waals surface area contributed by atoms with Gasteiger partial charge >= 0.3 is 0 Å². The van der Waals surface area contributed by atoms with E-state index in [-0.39, 0.29) is 5.91 Å². The van der Waals surface area contributed by atoms with Gasteiger partial charge in [0.2, 0.25) is 0 Å². The number of benzene rings is 2. The summed E-state index contributed by atoms with van der Waals surface area (Å²) in [7, 11) is 0. The Morgan fingerprint density at radius 1 is 1.17 bits per heavy atom. The molecule has 1 saturated heterocycles. The van der Waals surface area contributed by atoms with E-state index in [9.17, 15) is 9.18 Å². The van der Waals surface area contributed by atoms with Crippen LogP contribution in [0.25, 0.3) is 10.2 Å². The van der Waals surface area contributed by atoms with Gasteiger partial charge in [0.05, 0.1) is 10.2 Å². The maximum atomic E-state index is 13.2. The van der Waals surface area contributed by atoms with Gasteiger partial charge in [0.15, 0.2) is 5.13 Å². The Bertz CT molecular complexity index is 1030. The molecule has 2 aromatic carbocycles.